The van der Waals surface area contributed by atoms with Crippen molar-refractivity contribution in [2.24, 2.45) is 0 Å². The highest BCUT2D eigenvalue weighted by Gasteiger charge is 2.31. The lowest BCUT2D eigenvalue weighted by molar-refractivity contribution is -0.137. The molecule has 1 aromatic heterocycles. The third kappa shape index (κ3) is 4.90. The molecule has 158 valence electrons. The van der Waals surface area contributed by atoms with E-state index < -0.39 is 11.7 Å². The van der Waals surface area contributed by atoms with Gasteiger partial charge in [0.2, 0.25) is 5.91 Å². The molecule has 1 atom stereocenters. The van der Waals surface area contributed by atoms with Crippen molar-refractivity contribution in [1.82, 2.24) is 14.7 Å². The fourth-order valence-corrected chi connectivity index (χ4v) is 3.47. The lowest BCUT2D eigenvalue weighted by Crippen LogP contribution is -2.53. The Hall–Kier alpha value is -2.55. The molecule has 29 heavy (non-hydrogen) atoms. The number of nitrogens with zero attached hydrogens (tertiary/aromatic N) is 4. The molecule has 1 amide bonds. The Morgan fingerprint density at radius 1 is 1.10 bits per heavy atom. The van der Waals surface area contributed by atoms with Gasteiger partial charge in [0.25, 0.3) is 0 Å². The highest BCUT2D eigenvalue weighted by Crippen LogP contribution is 2.32. The molecule has 0 bridgehead atoms. The Bertz CT molecular complexity index is 841. The second kappa shape index (κ2) is 8.44. The van der Waals surface area contributed by atoms with Crippen LogP contribution in [0.5, 0.6) is 0 Å². The minimum Gasteiger partial charge on any atom is -0.369 e. The Morgan fingerprint density at radius 3 is 2.41 bits per heavy atom. The zero-order valence-electron chi connectivity index (χ0n) is 16.8. The zero-order valence-corrected chi connectivity index (χ0v) is 16.8. The average Bonchev–Trinajstić information content (AvgIpc) is 3.15. The molecule has 1 aromatic carbocycles. The van der Waals surface area contributed by atoms with Crippen molar-refractivity contribution in [3.8, 4) is 0 Å². The van der Waals surface area contributed by atoms with Gasteiger partial charge in [-0.05, 0) is 39.0 Å². The highest BCUT2D eigenvalue weighted by molar-refractivity contribution is 5.93. The molecule has 1 aliphatic rings. The van der Waals surface area contributed by atoms with Crippen molar-refractivity contribution in [2.45, 2.75) is 39.0 Å². The number of aromatic nitrogens is 2. The summed E-state index contributed by atoms with van der Waals surface area (Å²) in [5.41, 5.74) is -0.0932. The van der Waals surface area contributed by atoms with E-state index in [9.17, 15) is 18.0 Å². The van der Waals surface area contributed by atoms with Crippen LogP contribution < -0.4 is 10.2 Å². The first-order chi connectivity index (χ1) is 13.7. The van der Waals surface area contributed by atoms with Gasteiger partial charge >= 0.3 is 6.18 Å². The lowest BCUT2D eigenvalue weighted by atomic mass is 10.1. The molecule has 1 fully saturated rings. The standard InChI is InChI=1S/C20H26F3N5O/c1-14(2)28-18(7-8-24-28)25-19(29)15(3)26-9-11-27(12-10-26)17-6-4-5-16(13-17)20(21,22)23/h4-8,13-15H,9-12H2,1-3H3,(H,25,29). The maximum Gasteiger partial charge on any atom is 0.416 e. The molecule has 3 rings (SSSR count). The summed E-state index contributed by atoms with van der Waals surface area (Å²) in [6, 6.07) is 6.91. The van der Waals surface area contributed by atoms with Crippen molar-refractivity contribution in [1.29, 1.82) is 0 Å². The van der Waals surface area contributed by atoms with Crippen LogP contribution in [0.4, 0.5) is 24.7 Å². The molecule has 0 saturated carbocycles. The molecular weight excluding hydrogens is 383 g/mol. The molecule has 1 N–H and O–H groups in total. The molecule has 6 nitrogen and oxygen atoms in total. The minimum atomic E-state index is -4.35. The van der Waals surface area contributed by atoms with Crippen molar-refractivity contribution in [3.63, 3.8) is 0 Å². The second-order valence-electron chi connectivity index (χ2n) is 7.49. The molecule has 9 heteroatoms. The van der Waals surface area contributed by atoms with E-state index in [0.717, 1.165) is 6.07 Å². The van der Waals surface area contributed by atoms with Gasteiger partial charge in [0.1, 0.15) is 5.82 Å². The predicted octanol–water partition coefficient (Wildman–Crippen LogP) is 3.63. The van der Waals surface area contributed by atoms with E-state index in [1.807, 2.05) is 30.6 Å². The van der Waals surface area contributed by atoms with Gasteiger partial charge in [-0.15, -0.1) is 0 Å². The zero-order chi connectivity index (χ0) is 21.2. The molecule has 1 aliphatic heterocycles. The van der Waals surface area contributed by atoms with Crippen molar-refractivity contribution >= 4 is 17.4 Å². The Kier molecular flexibility index (Phi) is 6.16. The summed E-state index contributed by atoms with van der Waals surface area (Å²) in [6.07, 6.45) is -2.71. The largest absolute Gasteiger partial charge is 0.416 e. The number of benzene rings is 1. The van der Waals surface area contributed by atoms with Gasteiger partial charge in [-0.25, -0.2) is 4.68 Å². The average molecular weight is 409 g/mol. The van der Waals surface area contributed by atoms with E-state index in [4.69, 9.17) is 0 Å². The van der Waals surface area contributed by atoms with Crippen LogP contribution in [0.1, 0.15) is 32.4 Å². The smallest absolute Gasteiger partial charge is 0.369 e. The Labute approximate surface area is 168 Å². The van der Waals surface area contributed by atoms with Crippen LogP contribution in [-0.4, -0.2) is 52.8 Å². The monoisotopic (exact) mass is 409 g/mol. The van der Waals surface area contributed by atoms with Gasteiger partial charge in [0.05, 0.1) is 17.8 Å². The Balaban J connectivity index is 1.59. The first-order valence-corrected chi connectivity index (χ1v) is 9.67. The fraction of sp³-hybridized carbons (Fsp3) is 0.500. The highest BCUT2D eigenvalue weighted by atomic mass is 19.4. The van der Waals surface area contributed by atoms with Crippen molar-refractivity contribution < 1.29 is 18.0 Å². The second-order valence-corrected chi connectivity index (χ2v) is 7.49. The van der Waals surface area contributed by atoms with Crippen LogP contribution in [0.25, 0.3) is 0 Å². The topological polar surface area (TPSA) is 53.4 Å². The van der Waals surface area contributed by atoms with E-state index >= 15 is 0 Å². The van der Waals surface area contributed by atoms with E-state index in [1.165, 1.54) is 12.1 Å². The molecule has 2 heterocycles. The number of piperazine rings is 1. The van der Waals surface area contributed by atoms with Crippen LogP contribution in [0.15, 0.2) is 36.5 Å². The molecule has 0 spiro atoms. The number of alkyl halides is 3. The van der Waals surface area contributed by atoms with Gasteiger partial charge in [-0.3, -0.25) is 9.69 Å². The van der Waals surface area contributed by atoms with Gasteiger partial charge in [-0.1, -0.05) is 6.07 Å². The van der Waals surface area contributed by atoms with Crippen LogP contribution in [-0.2, 0) is 11.0 Å². The third-order valence-electron chi connectivity index (χ3n) is 5.19. The number of rotatable bonds is 5. The number of nitrogens with one attached hydrogen (secondary N) is 1. The summed E-state index contributed by atoms with van der Waals surface area (Å²) in [4.78, 5) is 16.6. The van der Waals surface area contributed by atoms with Crippen LogP contribution in [0, 0.1) is 0 Å². The molecule has 0 aliphatic carbocycles. The summed E-state index contributed by atoms with van der Waals surface area (Å²) in [6.45, 7) is 8.11. The maximum atomic E-state index is 12.9. The number of amides is 1. The van der Waals surface area contributed by atoms with Gasteiger partial charge in [0.15, 0.2) is 0 Å². The van der Waals surface area contributed by atoms with Crippen LogP contribution in [0.3, 0.4) is 0 Å². The number of carbonyl (C=O) groups is 1. The van der Waals surface area contributed by atoms with Gasteiger partial charge < -0.3 is 10.2 Å². The van der Waals surface area contributed by atoms with Gasteiger partial charge in [0, 0.05) is 44.0 Å². The fourth-order valence-electron chi connectivity index (χ4n) is 3.47. The van der Waals surface area contributed by atoms with Crippen molar-refractivity contribution in [3.05, 3.63) is 42.1 Å². The van der Waals surface area contributed by atoms with E-state index in [1.54, 1.807) is 23.0 Å². The summed E-state index contributed by atoms with van der Waals surface area (Å²) in [5, 5.41) is 7.13. The lowest BCUT2D eigenvalue weighted by Gasteiger charge is -2.38. The first-order valence-electron chi connectivity index (χ1n) is 9.67. The molecule has 2 aromatic rings. The van der Waals surface area contributed by atoms with E-state index in [0.29, 0.717) is 37.7 Å². The van der Waals surface area contributed by atoms with Crippen LogP contribution in [0.2, 0.25) is 0 Å². The summed E-state index contributed by atoms with van der Waals surface area (Å²) >= 11 is 0. The maximum absolute atomic E-state index is 12.9. The first kappa shape index (κ1) is 21.2. The van der Waals surface area contributed by atoms with Gasteiger partial charge in [-0.2, -0.15) is 18.3 Å². The normalized spacial score (nSPS) is 16.9. The quantitative estimate of drug-likeness (QED) is 0.820. The van der Waals surface area contributed by atoms with Crippen LogP contribution >= 0.6 is 0 Å². The summed E-state index contributed by atoms with van der Waals surface area (Å²) in [5.74, 6) is 0.527. The van der Waals surface area contributed by atoms with E-state index in [-0.39, 0.29) is 18.0 Å². The third-order valence-corrected chi connectivity index (χ3v) is 5.19. The molecule has 1 unspecified atom stereocenters. The Morgan fingerprint density at radius 2 is 1.79 bits per heavy atom. The molecular formula is C20H26F3N5O. The summed E-state index contributed by atoms with van der Waals surface area (Å²) < 4.78 is 40.6. The number of carbonyl (C=O) groups excluding carboxylic acids is 1. The van der Waals surface area contributed by atoms with E-state index in [2.05, 4.69) is 10.4 Å². The number of hydrogen-bond donors (Lipinski definition) is 1. The SMILES string of the molecule is CC(C(=O)Nc1ccnn1C(C)C)N1CCN(c2cccc(C(F)(F)F)c2)CC1. The minimum absolute atomic E-state index is 0.125. The summed E-state index contributed by atoms with van der Waals surface area (Å²) in [7, 11) is 0. The molecule has 1 saturated heterocycles. The number of hydrogen-bond acceptors (Lipinski definition) is 4. The molecule has 0 radical (unpaired) electrons. The van der Waals surface area contributed by atoms with Crippen molar-refractivity contribution in [2.75, 3.05) is 36.4 Å². The number of halogens is 3. The number of anilines is 2. The predicted molar refractivity (Wildman–Crippen MR) is 106 cm³/mol.